The zero-order valence-corrected chi connectivity index (χ0v) is 17.9. The smallest absolute Gasteiger partial charge is 0.242 e. The zero-order valence-electron chi connectivity index (χ0n) is 17.9. The molecule has 0 aliphatic rings. The SMILES string of the molecule is CCNC(=O)C(C)N(Cc1cccc(C)c1)C(=O)CCCOc1ccc(C)cc1. The van der Waals surface area contributed by atoms with Gasteiger partial charge in [0, 0.05) is 19.5 Å². The molecule has 1 unspecified atom stereocenters. The molecule has 0 aliphatic heterocycles. The first-order valence-corrected chi connectivity index (χ1v) is 10.2. The topological polar surface area (TPSA) is 58.6 Å². The molecule has 0 spiro atoms. The van der Waals surface area contributed by atoms with Gasteiger partial charge in [0.1, 0.15) is 11.8 Å². The van der Waals surface area contributed by atoms with E-state index in [2.05, 4.69) is 5.32 Å². The molecule has 0 saturated carbocycles. The van der Waals surface area contributed by atoms with Crippen molar-refractivity contribution in [1.82, 2.24) is 10.2 Å². The number of ether oxygens (including phenoxy) is 1. The van der Waals surface area contributed by atoms with Gasteiger partial charge < -0.3 is 15.0 Å². The van der Waals surface area contributed by atoms with Crippen LogP contribution in [0.15, 0.2) is 48.5 Å². The number of rotatable bonds is 10. The van der Waals surface area contributed by atoms with Crippen LogP contribution in [-0.2, 0) is 16.1 Å². The van der Waals surface area contributed by atoms with Gasteiger partial charge in [0.15, 0.2) is 0 Å². The first-order chi connectivity index (χ1) is 13.9. The summed E-state index contributed by atoms with van der Waals surface area (Å²) in [5, 5.41) is 2.81. The lowest BCUT2D eigenvalue weighted by molar-refractivity contribution is -0.140. The van der Waals surface area contributed by atoms with Gasteiger partial charge in [-0.15, -0.1) is 0 Å². The third kappa shape index (κ3) is 7.26. The number of hydrogen-bond acceptors (Lipinski definition) is 3. The van der Waals surface area contributed by atoms with Gasteiger partial charge in [-0.1, -0.05) is 47.5 Å². The Morgan fingerprint density at radius 1 is 1.07 bits per heavy atom. The molecule has 0 heterocycles. The molecule has 5 nitrogen and oxygen atoms in total. The highest BCUT2D eigenvalue weighted by atomic mass is 16.5. The lowest BCUT2D eigenvalue weighted by atomic mass is 10.1. The number of nitrogens with zero attached hydrogens (tertiary/aromatic N) is 1. The third-order valence-corrected chi connectivity index (χ3v) is 4.78. The summed E-state index contributed by atoms with van der Waals surface area (Å²) in [5.74, 6) is 0.623. The van der Waals surface area contributed by atoms with Crippen molar-refractivity contribution in [1.29, 1.82) is 0 Å². The number of carbonyl (C=O) groups is 2. The summed E-state index contributed by atoms with van der Waals surface area (Å²) in [4.78, 5) is 26.9. The van der Waals surface area contributed by atoms with Crippen LogP contribution in [0.1, 0.15) is 43.4 Å². The van der Waals surface area contributed by atoms with E-state index in [9.17, 15) is 9.59 Å². The molecule has 2 aromatic carbocycles. The molecule has 5 heteroatoms. The first kappa shape index (κ1) is 22.5. The van der Waals surface area contributed by atoms with Crippen LogP contribution in [0.4, 0.5) is 0 Å². The summed E-state index contributed by atoms with van der Waals surface area (Å²) in [6, 6.07) is 15.3. The molecule has 0 fully saturated rings. The van der Waals surface area contributed by atoms with Crippen molar-refractivity contribution in [3.8, 4) is 5.75 Å². The molecule has 1 atom stereocenters. The zero-order chi connectivity index (χ0) is 21.2. The molecule has 1 N–H and O–H groups in total. The first-order valence-electron chi connectivity index (χ1n) is 10.2. The van der Waals surface area contributed by atoms with Crippen molar-refractivity contribution in [2.45, 2.75) is 53.1 Å². The minimum absolute atomic E-state index is 0.0437. The van der Waals surface area contributed by atoms with Crippen LogP contribution in [0, 0.1) is 13.8 Å². The number of benzene rings is 2. The van der Waals surface area contributed by atoms with E-state index < -0.39 is 6.04 Å². The highest BCUT2D eigenvalue weighted by molar-refractivity contribution is 5.87. The molecule has 156 valence electrons. The Kier molecular flexibility index (Phi) is 8.71. The van der Waals surface area contributed by atoms with Crippen LogP contribution in [0.3, 0.4) is 0 Å². The maximum Gasteiger partial charge on any atom is 0.242 e. The van der Waals surface area contributed by atoms with Gasteiger partial charge >= 0.3 is 0 Å². The van der Waals surface area contributed by atoms with E-state index in [-0.39, 0.29) is 11.8 Å². The number of hydrogen-bond donors (Lipinski definition) is 1. The van der Waals surface area contributed by atoms with Crippen LogP contribution in [0.2, 0.25) is 0 Å². The standard InChI is InChI=1S/C24H32N2O3/c1-5-25-24(28)20(4)26(17-21-9-6-8-19(3)16-21)23(27)10-7-15-29-22-13-11-18(2)12-14-22/h6,8-9,11-14,16,20H,5,7,10,15,17H2,1-4H3,(H,25,28). The highest BCUT2D eigenvalue weighted by Gasteiger charge is 2.25. The Balaban J connectivity index is 1.97. The van der Waals surface area contributed by atoms with Gasteiger partial charge in [0.2, 0.25) is 11.8 Å². The normalized spacial score (nSPS) is 11.6. The van der Waals surface area contributed by atoms with Gasteiger partial charge in [-0.05, 0) is 51.8 Å². The maximum atomic E-state index is 12.9. The summed E-state index contributed by atoms with van der Waals surface area (Å²) in [5.41, 5.74) is 3.33. The molecule has 0 aliphatic carbocycles. The average Bonchev–Trinajstić information content (AvgIpc) is 2.70. The largest absolute Gasteiger partial charge is 0.494 e. The van der Waals surface area contributed by atoms with Crippen molar-refractivity contribution in [3.63, 3.8) is 0 Å². The molecule has 0 saturated heterocycles. The Labute approximate surface area is 174 Å². The molecule has 2 rings (SSSR count). The fourth-order valence-corrected chi connectivity index (χ4v) is 3.10. The molecular formula is C24H32N2O3. The summed E-state index contributed by atoms with van der Waals surface area (Å²) in [6.07, 6.45) is 0.931. The molecule has 0 radical (unpaired) electrons. The third-order valence-electron chi connectivity index (χ3n) is 4.78. The predicted molar refractivity (Wildman–Crippen MR) is 116 cm³/mol. The lowest BCUT2D eigenvalue weighted by Crippen LogP contribution is -2.47. The van der Waals surface area contributed by atoms with E-state index in [1.54, 1.807) is 11.8 Å². The van der Waals surface area contributed by atoms with Crippen molar-refractivity contribution < 1.29 is 14.3 Å². The maximum absolute atomic E-state index is 12.9. The van der Waals surface area contributed by atoms with E-state index >= 15 is 0 Å². The number of amides is 2. The molecular weight excluding hydrogens is 364 g/mol. The van der Waals surface area contributed by atoms with E-state index in [1.165, 1.54) is 5.56 Å². The van der Waals surface area contributed by atoms with E-state index in [1.807, 2.05) is 69.3 Å². The number of likely N-dealkylation sites (N-methyl/N-ethyl adjacent to an activating group) is 1. The molecule has 2 aromatic rings. The van der Waals surface area contributed by atoms with Gasteiger partial charge in [0.05, 0.1) is 6.61 Å². The summed E-state index contributed by atoms with van der Waals surface area (Å²) in [6.45, 7) is 9.12. The van der Waals surface area contributed by atoms with Gasteiger partial charge in [0.25, 0.3) is 0 Å². The van der Waals surface area contributed by atoms with E-state index in [0.29, 0.717) is 32.5 Å². The number of carbonyl (C=O) groups excluding carboxylic acids is 2. The van der Waals surface area contributed by atoms with E-state index in [4.69, 9.17) is 4.74 Å². The predicted octanol–water partition coefficient (Wildman–Crippen LogP) is 4.02. The van der Waals surface area contributed by atoms with Crippen LogP contribution in [0.5, 0.6) is 5.75 Å². The fourth-order valence-electron chi connectivity index (χ4n) is 3.10. The Morgan fingerprint density at radius 3 is 2.45 bits per heavy atom. The van der Waals surface area contributed by atoms with Crippen molar-refractivity contribution in [3.05, 3.63) is 65.2 Å². The van der Waals surface area contributed by atoms with Crippen molar-refractivity contribution >= 4 is 11.8 Å². The monoisotopic (exact) mass is 396 g/mol. The number of nitrogens with one attached hydrogen (secondary N) is 1. The number of aryl methyl sites for hydroxylation is 2. The Morgan fingerprint density at radius 2 is 1.79 bits per heavy atom. The fraction of sp³-hybridized carbons (Fsp3) is 0.417. The van der Waals surface area contributed by atoms with Crippen LogP contribution in [0.25, 0.3) is 0 Å². The van der Waals surface area contributed by atoms with Gasteiger partial charge in [-0.25, -0.2) is 0 Å². The summed E-state index contributed by atoms with van der Waals surface area (Å²) < 4.78 is 5.72. The molecule has 2 amide bonds. The highest BCUT2D eigenvalue weighted by Crippen LogP contribution is 2.15. The minimum atomic E-state index is -0.527. The summed E-state index contributed by atoms with van der Waals surface area (Å²) >= 11 is 0. The minimum Gasteiger partial charge on any atom is -0.494 e. The Hall–Kier alpha value is -2.82. The van der Waals surface area contributed by atoms with Crippen molar-refractivity contribution in [2.24, 2.45) is 0 Å². The van der Waals surface area contributed by atoms with Gasteiger partial charge in [-0.3, -0.25) is 9.59 Å². The lowest BCUT2D eigenvalue weighted by Gasteiger charge is -2.29. The molecule has 29 heavy (non-hydrogen) atoms. The van der Waals surface area contributed by atoms with Crippen LogP contribution >= 0.6 is 0 Å². The van der Waals surface area contributed by atoms with E-state index in [0.717, 1.165) is 16.9 Å². The molecule has 0 bridgehead atoms. The second-order valence-electron chi connectivity index (χ2n) is 7.35. The van der Waals surface area contributed by atoms with Crippen LogP contribution < -0.4 is 10.1 Å². The summed E-state index contributed by atoms with van der Waals surface area (Å²) in [7, 11) is 0. The van der Waals surface area contributed by atoms with Gasteiger partial charge in [-0.2, -0.15) is 0 Å². The average molecular weight is 397 g/mol. The van der Waals surface area contributed by atoms with Crippen molar-refractivity contribution in [2.75, 3.05) is 13.2 Å². The molecule has 0 aromatic heterocycles. The second-order valence-corrected chi connectivity index (χ2v) is 7.35. The van der Waals surface area contributed by atoms with Crippen LogP contribution in [-0.4, -0.2) is 35.9 Å². The second kappa shape index (κ2) is 11.2. The quantitative estimate of drug-likeness (QED) is 0.617. The Bertz CT molecular complexity index is 802.